The van der Waals surface area contributed by atoms with E-state index in [1.165, 1.54) is 7.11 Å². The number of rotatable bonds is 2. The summed E-state index contributed by atoms with van der Waals surface area (Å²) in [5.74, 6) is 1.41. The zero-order valence-electron chi connectivity index (χ0n) is 12.8. The number of nitrogens with zero attached hydrogens (tertiary/aromatic N) is 1. The summed E-state index contributed by atoms with van der Waals surface area (Å²) in [6.07, 6.45) is 2.94. The molecular formula is C16H20Cl2N2O3. The number of halogens is 2. The van der Waals surface area contributed by atoms with Gasteiger partial charge in [-0.05, 0) is 18.9 Å². The molecule has 4 unspecified atom stereocenters. The van der Waals surface area contributed by atoms with Gasteiger partial charge in [0.1, 0.15) is 5.75 Å². The first-order chi connectivity index (χ1) is 10.6. The highest BCUT2D eigenvalue weighted by molar-refractivity contribution is 6.33. The number of likely N-dealkylation sites (tertiary alicyclic amines) is 1. The lowest BCUT2D eigenvalue weighted by Crippen LogP contribution is -2.31. The van der Waals surface area contributed by atoms with Crippen molar-refractivity contribution >= 4 is 35.6 Å². The van der Waals surface area contributed by atoms with Crippen LogP contribution < -0.4 is 10.5 Å². The molecular weight excluding hydrogens is 339 g/mol. The predicted molar refractivity (Wildman–Crippen MR) is 90.4 cm³/mol. The zero-order valence-corrected chi connectivity index (χ0v) is 14.4. The minimum atomic E-state index is -0.0347. The number of benzene rings is 1. The van der Waals surface area contributed by atoms with Crippen LogP contribution in [0.15, 0.2) is 12.1 Å². The first-order valence-corrected chi connectivity index (χ1v) is 8.04. The molecule has 7 heteroatoms. The monoisotopic (exact) mass is 358 g/mol. The molecule has 126 valence electrons. The van der Waals surface area contributed by atoms with Gasteiger partial charge in [-0.2, -0.15) is 0 Å². The van der Waals surface area contributed by atoms with Crippen LogP contribution in [0, 0.1) is 11.8 Å². The number of fused-ring (bicyclic) bond motifs is 5. The lowest BCUT2D eigenvalue weighted by atomic mass is 9.82. The van der Waals surface area contributed by atoms with Crippen molar-refractivity contribution < 1.29 is 14.3 Å². The molecule has 3 aliphatic heterocycles. The van der Waals surface area contributed by atoms with Gasteiger partial charge in [-0.25, -0.2) is 0 Å². The number of nitrogen functional groups attached to an aromatic ring is 1. The molecule has 1 aromatic carbocycles. The highest BCUT2D eigenvalue weighted by Gasteiger charge is 2.53. The van der Waals surface area contributed by atoms with Crippen molar-refractivity contribution in [1.29, 1.82) is 0 Å². The zero-order chi connectivity index (χ0) is 15.4. The summed E-state index contributed by atoms with van der Waals surface area (Å²) in [7, 11) is 1.53. The van der Waals surface area contributed by atoms with Gasteiger partial charge in [0.05, 0.1) is 35.6 Å². The second kappa shape index (κ2) is 6.04. The first kappa shape index (κ1) is 16.7. The van der Waals surface area contributed by atoms with Gasteiger partial charge >= 0.3 is 0 Å². The topological polar surface area (TPSA) is 64.8 Å². The van der Waals surface area contributed by atoms with E-state index in [9.17, 15) is 4.79 Å². The smallest absolute Gasteiger partial charge is 0.257 e. The van der Waals surface area contributed by atoms with E-state index < -0.39 is 0 Å². The summed E-state index contributed by atoms with van der Waals surface area (Å²) >= 11 is 6.07. The Balaban J connectivity index is 0.00000156. The fourth-order valence-electron chi connectivity index (χ4n) is 4.20. The fraction of sp³-hybridized carbons (Fsp3) is 0.562. The Morgan fingerprint density at radius 2 is 1.91 bits per heavy atom. The Labute approximate surface area is 146 Å². The van der Waals surface area contributed by atoms with Crippen molar-refractivity contribution in [3.8, 4) is 5.75 Å². The number of methoxy groups -OCH3 is 1. The molecule has 3 heterocycles. The number of ether oxygens (including phenoxy) is 2. The molecule has 3 fully saturated rings. The van der Waals surface area contributed by atoms with Crippen LogP contribution in [-0.2, 0) is 4.74 Å². The average Bonchev–Trinajstić information content (AvgIpc) is 3.20. The minimum Gasteiger partial charge on any atom is -0.496 e. The van der Waals surface area contributed by atoms with E-state index in [1.54, 1.807) is 12.1 Å². The summed E-state index contributed by atoms with van der Waals surface area (Å²) in [4.78, 5) is 14.8. The van der Waals surface area contributed by atoms with E-state index in [4.69, 9.17) is 26.8 Å². The first-order valence-electron chi connectivity index (χ1n) is 7.66. The summed E-state index contributed by atoms with van der Waals surface area (Å²) in [5.41, 5.74) is 6.68. The normalized spacial score (nSPS) is 31.0. The molecule has 23 heavy (non-hydrogen) atoms. The largest absolute Gasteiger partial charge is 0.496 e. The Hall–Kier alpha value is -1.17. The third kappa shape index (κ3) is 2.55. The SMILES string of the molecule is COc1cc(N)c(Cl)cc1C(=O)N1CC2C3CCC(O3)C2C1.Cl. The lowest BCUT2D eigenvalue weighted by Gasteiger charge is -2.20. The van der Waals surface area contributed by atoms with E-state index in [-0.39, 0.29) is 18.3 Å². The van der Waals surface area contributed by atoms with E-state index in [0.717, 1.165) is 25.9 Å². The van der Waals surface area contributed by atoms with Crippen LogP contribution in [0.1, 0.15) is 23.2 Å². The van der Waals surface area contributed by atoms with E-state index >= 15 is 0 Å². The minimum absolute atomic E-state index is 0. The molecule has 0 spiro atoms. The molecule has 5 nitrogen and oxygen atoms in total. The van der Waals surface area contributed by atoms with Crippen LogP contribution in [0.3, 0.4) is 0 Å². The van der Waals surface area contributed by atoms with Gasteiger partial charge in [-0.3, -0.25) is 4.79 Å². The number of carbonyl (C=O) groups is 1. The molecule has 1 amide bonds. The number of anilines is 1. The molecule has 4 atom stereocenters. The lowest BCUT2D eigenvalue weighted by molar-refractivity contribution is 0.0592. The van der Waals surface area contributed by atoms with Crippen LogP contribution in [0.2, 0.25) is 5.02 Å². The van der Waals surface area contributed by atoms with Crippen molar-refractivity contribution in [2.75, 3.05) is 25.9 Å². The summed E-state index contributed by atoms with van der Waals surface area (Å²) < 4.78 is 11.3. The Bertz CT molecular complexity index is 622. The second-order valence-electron chi connectivity index (χ2n) is 6.40. The van der Waals surface area contributed by atoms with E-state index in [1.807, 2.05) is 4.90 Å². The maximum absolute atomic E-state index is 12.9. The molecule has 3 aliphatic rings. The number of amides is 1. The van der Waals surface area contributed by atoms with Crippen molar-refractivity contribution in [1.82, 2.24) is 4.90 Å². The predicted octanol–water partition coefficient (Wildman–Crippen LogP) is 2.60. The molecule has 3 saturated heterocycles. The third-order valence-electron chi connectivity index (χ3n) is 5.29. The van der Waals surface area contributed by atoms with Crippen molar-refractivity contribution in [2.24, 2.45) is 11.8 Å². The number of hydrogen-bond acceptors (Lipinski definition) is 4. The van der Waals surface area contributed by atoms with Crippen LogP contribution in [0.4, 0.5) is 5.69 Å². The molecule has 4 rings (SSSR count). The van der Waals surface area contributed by atoms with Gasteiger partial charge in [-0.15, -0.1) is 12.4 Å². The summed E-state index contributed by atoms with van der Waals surface area (Å²) in [6, 6.07) is 3.22. The van der Waals surface area contributed by atoms with Gasteiger partial charge in [0.15, 0.2) is 0 Å². The van der Waals surface area contributed by atoms with Crippen molar-refractivity contribution in [2.45, 2.75) is 25.0 Å². The van der Waals surface area contributed by atoms with Crippen LogP contribution in [-0.4, -0.2) is 43.2 Å². The van der Waals surface area contributed by atoms with Crippen LogP contribution in [0.5, 0.6) is 5.75 Å². The van der Waals surface area contributed by atoms with E-state index in [2.05, 4.69) is 0 Å². The maximum Gasteiger partial charge on any atom is 0.257 e. The Morgan fingerprint density at radius 3 is 2.48 bits per heavy atom. The van der Waals surface area contributed by atoms with Gasteiger partial charge in [-0.1, -0.05) is 11.6 Å². The molecule has 0 saturated carbocycles. The Kier molecular flexibility index (Phi) is 4.38. The molecule has 2 bridgehead atoms. The fourth-order valence-corrected chi connectivity index (χ4v) is 4.36. The van der Waals surface area contributed by atoms with Gasteiger partial charge < -0.3 is 20.1 Å². The highest BCUT2D eigenvalue weighted by atomic mass is 35.5. The summed E-state index contributed by atoms with van der Waals surface area (Å²) in [5, 5.41) is 0.381. The van der Waals surface area contributed by atoms with Gasteiger partial charge in [0.2, 0.25) is 0 Å². The number of hydrogen-bond donors (Lipinski definition) is 1. The average molecular weight is 359 g/mol. The number of nitrogens with two attached hydrogens (primary N) is 1. The van der Waals surface area contributed by atoms with Crippen LogP contribution in [0.25, 0.3) is 0 Å². The molecule has 2 N–H and O–H groups in total. The maximum atomic E-state index is 12.9. The molecule has 1 aromatic rings. The van der Waals surface area contributed by atoms with Gasteiger partial charge in [0, 0.05) is 31.0 Å². The molecule has 0 aromatic heterocycles. The van der Waals surface area contributed by atoms with Crippen molar-refractivity contribution in [3.63, 3.8) is 0 Å². The van der Waals surface area contributed by atoms with Gasteiger partial charge in [0.25, 0.3) is 5.91 Å². The highest BCUT2D eigenvalue weighted by Crippen LogP contribution is 2.47. The number of carbonyl (C=O) groups excluding carboxylic acids is 1. The second-order valence-corrected chi connectivity index (χ2v) is 6.81. The molecule has 0 aliphatic carbocycles. The molecule has 0 radical (unpaired) electrons. The Morgan fingerprint density at radius 1 is 1.30 bits per heavy atom. The quantitative estimate of drug-likeness (QED) is 0.825. The van der Waals surface area contributed by atoms with Crippen LogP contribution >= 0.6 is 24.0 Å². The standard InChI is InChI=1S/C16H19ClN2O3.ClH/c1-21-15-5-12(18)11(17)4-8(15)16(20)19-6-9-10(7-19)14-3-2-13(9)22-14;/h4-5,9-10,13-14H,2-3,6-7,18H2,1H3;1H. The third-order valence-corrected chi connectivity index (χ3v) is 5.62. The van der Waals surface area contributed by atoms with Crippen molar-refractivity contribution in [3.05, 3.63) is 22.7 Å². The summed E-state index contributed by atoms with van der Waals surface area (Å²) in [6.45, 7) is 1.52. The van der Waals surface area contributed by atoms with E-state index in [0.29, 0.717) is 46.1 Å².